The standard InChI is InChI=1S/C17H24Br2N2O3S/c1-3-4-9-20-17(22)13-6-5-12(2)21(11-13)25(23,24)16-10-14(18)7-8-15(16)19/h7-8,10,12-13H,3-6,9,11H2,1-2H3,(H,20,22). The number of rotatable bonds is 6. The van der Waals surface area contributed by atoms with Crippen molar-refractivity contribution in [3.63, 3.8) is 0 Å². The van der Waals surface area contributed by atoms with Crippen molar-refractivity contribution in [2.45, 2.75) is 50.5 Å². The van der Waals surface area contributed by atoms with Crippen LogP contribution in [0.5, 0.6) is 0 Å². The lowest BCUT2D eigenvalue weighted by Gasteiger charge is -2.36. The van der Waals surface area contributed by atoms with Gasteiger partial charge in [-0.3, -0.25) is 4.79 Å². The molecule has 8 heteroatoms. The largest absolute Gasteiger partial charge is 0.356 e. The summed E-state index contributed by atoms with van der Waals surface area (Å²) in [7, 11) is -3.68. The van der Waals surface area contributed by atoms with Crippen molar-refractivity contribution in [3.8, 4) is 0 Å². The predicted octanol–water partition coefficient (Wildman–Crippen LogP) is 3.92. The normalized spacial score (nSPS) is 21.9. The first-order valence-electron chi connectivity index (χ1n) is 8.52. The van der Waals surface area contributed by atoms with Gasteiger partial charge in [0.1, 0.15) is 0 Å². The van der Waals surface area contributed by atoms with Gasteiger partial charge >= 0.3 is 0 Å². The lowest BCUT2D eigenvalue weighted by molar-refractivity contribution is -0.126. The molecule has 140 valence electrons. The van der Waals surface area contributed by atoms with Gasteiger partial charge in [-0.25, -0.2) is 8.42 Å². The Balaban J connectivity index is 2.21. The second kappa shape index (κ2) is 8.97. The highest BCUT2D eigenvalue weighted by Gasteiger charge is 2.38. The number of sulfonamides is 1. The van der Waals surface area contributed by atoms with E-state index in [9.17, 15) is 13.2 Å². The molecule has 0 aliphatic carbocycles. The smallest absolute Gasteiger partial charge is 0.244 e. The lowest BCUT2D eigenvalue weighted by atomic mass is 9.94. The monoisotopic (exact) mass is 494 g/mol. The number of carbonyl (C=O) groups is 1. The van der Waals surface area contributed by atoms with E-state index < -0.39 is 10.0 Å². The Morgan fingerprint density at radius 3 is 2.72 bits per heavy atom. The number of nitrogens with one attached hydrogen (secondary N) is 1. The zero-order chi connectivity index (χ0) is 18.6. The Morgan fingerprint density at radius 2 is 2.04 bits per heavy atom. The molecule has 5 nitrogen and oxygen atoms in total. The molecule has 1 saturated heterocycles. The van der Waals surface area contributed by atoms with E-state index in [0.717, 1.165) is 12.8 Å². The van der Waals surface area contributed by atoms with Crippen molar-refractivity contribution in [3.05, 3.63) is 27.1 Å². The minimum Gasteiger partial charge on any atom is -0.356 e. The van der Waals surface area contributed by atoms with Gasteiger partial charge in [0.2, 0.25) is 15.9 Å². The van der Waals surface area contributed by atoms with Crippen LogP contribution in [0.3, 0.4) is 0 Å². The van der Waals surface area contributed by atoms with E-state index in [1.54, 1.807) is 18.2 Å². The van der Waals surface area contributed by atoms with E-state index in [2.05, 4.69) is 44.1 Å². The van der Waals surface area contributed by atoms with Gasteiger partial charge in [-0.15, -0.1) is 0 Å². The first-order chi connectivity index (χ1) is 11.8. The number of halogens is 2. The van der Waals surface area contributed by atoms with Crippen LogP contribution in [-0.4, -0.2) is 37.8 Å². The summed E-state index contributed by atoms with van der Waals surface area (Å²) in [5, 5.41) is 2.92. The first kappa shape index (κ1) is 20.9. The van der Waals surface area contributed by atoms with E-state index in [0.29, 0.717) is 28.3 Å². The second-order valence-electron chi connectivity index (χ2n) is 6.42. The molecule has 2 atom stereocenters. The SMILES string of the molecule is CCCCNC(=O)C1CCC(C)N(S(=O)(=O)c2cc(Br)ccc2Br)C1. The third-order valence-electron chi connectivity index (χ3n) is 4.51. The number of amides is 1. The molecule has 1 aromatic carbocycles. The van der Waals surface area contributed by atoms with Crippen LogP contribution in [-0.2, 0) is 14.8 Å². The van der Waals surface area contributed by atoms with E-state index >= 15 is 0 Å². The lowest BCUT2D eigenvalue weighted by Crippen LogP contribution is -2.49. The zero-order valence-corrected chi connectivity index (χ0v) is 18.5. The van der Waals surface area contributed by atoms with Crippen molar-refractivity contribution in [2.75, 3.05) is 13.1 Å². The summed E-state index contributed by atoms with van der Waals surface area (Å²) < 4.78 is 29.0. The highest BCUT2D eigenvalue weighted by atomic mass is 79.9. The summed E-state index contributed by atoms with van der Waals surface area (Å²) in [6.07, 6.45) is 3.34. The maximum Gasteiger partial charge on any atom is 0.244 e. The molecule has 1 heterocycles. The molecule has 1 fully saturated rings. The van der Waals surface area contributed by atoms with Crippen molar-refractivity contribution in [1.29, 1.82) is 0 Å². The highest BCUT2D eigenvalue weighted by molar-refractivity contribution is 9.11. The second-order valence-corrected chi connectivity index (χ2v) is 10.0. The molecule has 1 N–H and O–H groups in total. The summed E-state index contributed by atoms with van der Waals surface area (Å²) in [5.41, 5.74) is 0. The van der Waals surface area contributed by atoms with Gasteiger partial charge in [-0.2, -0.15) is 4.31 Å². The number of carbonyl (C=O) groups excluding carboxylic acids is 1. The van der Waals surface area contributed by atoms with Crippen LogP contribution in [0.25, 0.3) is 0 Å². The van der Waals surface area contributed by atoms with Crippen LogP contribution in [0.4, 0.5) is 0 Å². The number of hydrogen-bond donors (Lipinski definition) is 1. The molecule has 0 saturated carbocycles. The van der Waals surface area contributed by atoms with Gasteiger partial charge in [0.15, 0.2) is 0 Å². The van der Waals surface area contributed by atoms with E-state index in [1.165, 1.54) is 4.31 Å². The Morgan fingerprint density at radius 1 is 1.32 bits per heavy atom. The van der Waals surface area contributed by atoms with Crippen LogP contribution in [0.2, 0.25) is 0 Å². The molecule has 0 radical (unpaired) electrons. The van der Waals surface area contributed by atoms with Gasteiger partial charge in [0.25, 0.3) is 0 Å². The number of nitrogens with zero attached hydrogens (tertiary/aromatic N) is 1. The zero-order valence-electron chi connectivity index (χ0n) is 14.5. The van der Waals surface area contributed by atoms with Gasteiger partial charge in [0, 0.05) is 28.1 Å². The van der Waals surface area contributed by atoms with Gasteiger partial charge in [0.05, 0.1) is 10.8 Å². The molecule has 0 aromatic heterocycles. The summed E-state index contributed by atoms with van der Waals surface area (Å²) >= 11 is 6.66. The molecule has 1 aliphatic heterocycles. The Bertz CT molecular complexity index is 725. The highest BCUT2D eigenvalue weighted by Crippen LogP contribution is 2.33. The minimum atomic E-state index is -3.68. The fourth-order valence-corrected chi connectivity index (χ4v) is 6.13. The van der Waals surface area contributed by atoms with Crippen molar-refractivity contribution >= 4 is 47.8 Å². The topological polar surface area (TPSA) is 66.5 Å². The van der Waals surface area contributed by atoms with Crippen LogP contribution in [0, 0.1) is 5.92 Å². The molecule has 1 amide bonds. The van der Waals surface area contributed by atoms with Crippen LogP contribution < -0.4 is 5.32 Å². The van der Waals surface area contributed by atoms with Crippen LogP contribution in [0.1, 0.15) is 39.5 Å². The molecule has 2 unspecified atom stereocenters. The van der Waals surface area contributed by atoms with E-state index in [4.69, 9.17) is 0 Å². The minimum absolute atomic E-state index is 0.0474. The van der Waals surface area contributed by atoms with Crippen LogP contribution in [0.15, 0.2) is 32.0 Å². The molecule has 1 aliphatic rings. The van der Waals surface area contributed by atoms with Crippen molar-refractivity contribution < 1.29 is 13.2 Å². The third-order valence-corrected chi connectivity index (χ3v) is 7.97. The quantitative estimate of drug-likeness (QED) is 0.608. The third kappa shape index (κ3) is 5.05. The number of benzene rings is 1. The molecule has 2 rings (SSSR count). The molecule has 1 aromatic rings. The van der Waals surface area contributed by atoms with E-state index in [1.807, 2.05) is 6.92 Å². The summed E-state index contributed by atoms with van der Waals surface area (Å²) in [5.74, 6) is -0.345. The Hall–Kier alpha value is -0.440. The van der Waals surface area contributed by atoms with Gasteiger partial charge < -0.3 is 5.32 Å². The van der Waals surface area contributed by atoms with Gasteiger partial charge in [-0.1, -0.05) is 29.3 Å². The summed E-state index contributed by atoms with van der Waals surface area (Å²) in [6.45, 7) is 4.83. The molecular weight excluding hydrogens is 472 g/mol. The number of piperidine rings is 1. The fourth-order valence-electron chi connectivity index (χ4n) is 2.96. The van der Waals surface area contributed by atoms with Crippen LogP contribution >= 0.6 is 31.9 Å². The van der Waals surface area contributed by atoms with Crippen molar-refractivity contribution in [1.82, 2.24) is 9.62 Å². The predicted molar refractivity (Wildman–Crippen MR) is 106 cm³/mol. The number of unbranched alkanes of at least 4 members (excludes halogenated alkanes) is 1. The first-order valence-corrected chi connectivity index (χ1v) is 11.5. The molecule has 0 bridgehead atoms. The molecule has 25 heavy (non-hydrogen) atoms. The fraction of sp³-hybridized carbons (Fsp3) is 0.588. The maximum absolute atomic E-state index is 13.1. The average Bonchev–Trinajstić information content (AvgIpc) is 2.57. The Labute approximate surface area is 166 Å². The molecule has 0 spiro atoms. The average molecular weight is 496 g/mol. The Kier molecular flexibility index (Phi) is 7.49. The molecular formula is C17H24Br2N2O3S. The van der Waals surface area contributed by atoms with Crippen molar-refractivity contribution in [2.24, 2.45) is 5.92 Å². The summed E-state index contributed by atoms with van der Waals surface area (Å²) in [4.78, 5) is 12.6. The maximum atomic E-state index is 13.1. The van der Waals surface area contributed by atoms with E-state index in [-0.39, 0.29) is 29.3 Å². The summed E-state index contributed by atoms with van der Waals surface area (Å²) in [6, 6.07) is 4.96. The van der Waals surface area contributed by atoms with Gasteiger partial charge in [-0.05, 0) is 60.3 Å². The number of hydrogen-bond acceptors (Lipinski definition) is 3.